The van der Waals surface area contributed by atoms with Gasteiger partial charge < -0.3 is 9.30 Å². The number of hydrogen-bond donors (Lipinski definition) is 0. The molecule has 0 amide bonds. The van der Waals surface area contributed by atoms with Gasteiger partial charge in [0, 0.05) is 11.7 Å². The first-order valence-electron chi connectivity index (χ1n) is 8.83. The van der Waals surface area contributed by atoms with Gasteiger partial charge in [-0.2, -0.15) is 0 Å². The van der Waals surface area contributed by atoms with E-state index in [1.807, 2.05) is 36.6 Å². The molecular weight excluding hydrogens is 336 g/mol. The lowest BCUT2D eigenvalue weighted by Gasteiger charge is -2.26. The van der Waals surface area contributed by atoms with Gasteiger partial charge in [0.1, 0.15) is 5.75 Å². The minimum absolute atomic E-state index is 0.0627. The number of imidazole rings is 1. The lowest BCUT2D eigenvalue weighted by Crippen LogP contribution is -2.20. The van der Waals surface area contributed by atoms with E-state index in [0.717, 1.165) is 37.1 Å². The largest absolute Gasteiger partial charge is 0.497 e. The summed E-state index contributed by atoms with van der Waals surface area (Å²) in [5.74, 6) is 0.600. The number of sulfone groups is 1. The molecule has 0 N–H and O–H groups in total. The molecule has 1 aromatic heterocycles. The summed E-state index contributed by atoms with van der Waals surface area (Å²) in [7, 11) is -1.94. The maximum Gasteiger partial charge on any atom is 0.228 e. The van der Waals surface area contributed by atoms with Crippen molar-refractivity contribution in [3.05, 3.63) is 41.2 Å². The molecule has 0 saturated heterocycles. The lowest BCUT2D eigenvalue weighted by molar-refractivity contribution is 0.329. The molecule has 1 aliphatic carbocycles. The molecule has 0 aliphatic heterocycles. The standard InChI is InChI=1S/C19H26N2O3S/c1-14-15(2)21(17-9-5-4-6-10-17)19(20-14)25(22,23)13-16-8-7-11-18(12-16)24-3/h7-8,11-12,17H,4-6,9-10,13H2,1-3H3. The Labute approximate surface area is 150 Å². The van der Waals surface area contributed by atoms with Crippen molar-refractivity contribution in [1.29, 1.82) is 0 Å². The summed E-state index contributed by atoms with van der Waals surface area (Å²) >= 11 is 0. The Morgan fingerprint density at radius 2 is 1.92 bits per heavy atom. The minimum Gasteiger partial charge on any atom is -0.497 e. The molecule has 0 radical (unpaired) electrons. The maximum atomic E-state index is 13.1. The van der Waals surface area contributed by atoms with E-state index in [1.54, 1.807) is 13.2 Å². The van der Waals surface area contributed by atoms with Gasteiger partial charge in [0.15, 0.2) is 0 Å². The van der Waals surface area contributed by atoms with Crippen molar-refractivity contribution >= 4 is 9.84 Å². The Morgan fingerprint density at radius 1 is 1.20 bits per heavy atom. The number of hydrogen-bond acceptors (Lipinski definition) is 4. The van der Waals surface area contributed by atoms with Crippen LogP contribution in [-0.2, 0) is 15.6 Å². The molecule has 1 heterocycles. The van der Waals surface area contributed by atoms with Crippen molar-refractivity contribution in [2.75, 3.05) is 7.11 Å². The van der Waals surface area contributed by atoms with E-state index < -0.39 is 9.84 Å². The number of rotatable bonds is 5. The fourth-order valence-electron chi connectivity index (χ4n) is 3.63. The van der Waals surface area contributed by atoms with Crippen molar-refractivity contribution < 1.29 is 13.2 Å². The van der Waals surface area contributed by atoms with E-state index in [-0.39, 0.29) is 17.0 Å². The third-order valence-corrected chi connectivity index (χ3v) is 6.62. The quantitative estimate of drug-likeness (QED) is 0.807. The Morgan fingerprint density at radius 3 is 2.60 bits per heavy atom. The summed E-state index contributed by atoms with van der Waals surface area (Å²) in [5.41, 5.74) is 2.48. The van der Waals surface area contributed by atoms with E-state index >= 15 is 0 Å². The van der Waals surface area contributed by atoms with Gasteiger partial charge in [-0.15, -0.1) is 0 Å². The van der Waals surface area contributed by atoms with Gasteiger partial charge in [0.2, 0.25) is 15.0 Å². The van der Waals surface area contributed by atoms with Crippen LogP contribution in [0.5, 0.6) is 5.75 Å². The fraction of sp³-hybridized carbons (Fsp3) is 0.526. The van der Waals surface area contributed by atoms with Crippen LogP contribution in [0.2, 0.25) is 0 Å². The summed E-state index contributed by atoms with van der Waals surface area (Å²) < 4.78 is 33.4. The molecule has 6 heteroatoms. The Balaban J connectivity index is 1.97. The highest BCUT2D eigenvalue weighted by molar-refractivity contribution is 7.90. The number of ether oxygens (including phenoxy) is 1. The van der Waals surface area contributed by atoms with Crippen molar-refractivity contribution in [3.8, 4) is 5.75 Å². The van der Waals surface area contributed by atoms with E-state index in [1.165, 1.54) is 6.42 Å². The van der Waals surface area contributed by atoms with Crippen LogP contribution in [0.3, 0.4) is 0 Å². The number of nitrogens with zero attached hydrogens (tertiary/aromatic N) is 2. The van der Waals surface area contributed by atoms with Crippen LogP contribution in [0.1, 0.15) is 55.1 Å². The summed E-state index contributed by atoms with van der Waals surface area (Å²) in [6.45, 7) is 3.86. The van der Waals surface area contributed by atoms with Gasteiger partial charge in [-0.1, -0.05) is 31.4 Å². The highest BCUT2D eigenvalue weighted by Gasteiger charge is 2.29. The average Bonchev–Trinajstić information content (AvgIpc) is 2.91. The number of benzene rings is 1. The van der Waals surface area contributed by atoms with E-state index in [9.17, 15) is 8.42 Å². The van der Waals surface area contributed by atoms with E-state index in [2.05, 4.69) is 4.98 Å². The molecule has 3 rings (SSSR count). The maximum absolute atomic E-state index is 13.1. The summed E-state index contributed by atoms with van der Waals surface area (Å²) in [4.78, 5) is 4.44. The van der Waals surface area contributed by atoms with Crippen LogP contribution in [-0.4, -0.2) is 25.1 Å². The van der Waals surface area contributed by atoms with Gasteiger partial charge in [0.05, 0.1) is 18.6 Å². The van der Waals surface area contributed by atoms with Gasteiger partial charge >= 0.3 is 0 Å². The molecule has 0 spiro atoms. The zero-order valence-electron chi connectivity index (χ0n) is 15.2. The van der Waals surface area contributed by atoms with Crippen molar-refractivity contribution in [1.82, 2.24) is 9.55 Å². The van der Waals surface area contributed by atoms with Crippen molar-refractivity contribution in [2.45, 2.75) is 62.9 Å². The molecule has 1 aromatic carbocycles. The van der Waals surface area contributed by atoms with Crippen LogP contribution < -0.4 is 4.74 Å². The third kappa shape index (κ3) is 3.73. The van der Waals surface area contributed by atoms with Crippen LogP contribution in [0.15, 0.2) is 29.4 Å². The van der Waals surface area contributed by atoms with Crippen molar-refractivity contribution in [3.63, 3.8) is 0 Å². The highest BCUT2D eigenvalue weighted by atomic mass is 32.2. The predicted molar refractivity (Wildman–Crippen MR) is 97.7 cm³/mol. The highest BCUT2D eigenvalue weighted by Crippen LogP contribution is 2.33. The zero-order valence-corrected chi connectivity index (χ0v) is 16.0. The summed E-state index contributed by atoms with van der Waals surface area (Å²) in [6, 6.07) is 7.45. The predicted octanol–water partition coefficient (Wildman–Crippen LogP) is 3.99. The first-order chi connectivity index (χ1) is 11.9. The zero-order chi connectivity index (χ0) is 18.0. The minimum atomic E-state index is -3.52. The lowest BCUT2D eigenvalue weighted by atomic mass is 9.95. The first kappa shape index (κ1) is 18.0. The second-order valence-corrected chi connectivity index (χ2v) is 8.72. The molecular formula is C19H26N2O3S. The number of methoxy groups -OCH3 is 1. The van der Waals surface area contributed by atoms with Crippen LogP contribution in [0.4, 0.5) is 0 Å². The second kappa shape index (κ2) is 7.20. The normalized spacial score (nSPS) is 16.1. The van der Waals surface area contributed by atoms with Crippen LogP contribution >= 0.6 is 0 Å². The average molecular weight is 362 g/mol. The SMILES string of the molecule is COc1cccc(CS(=O)(=O)c2nc(C)c(C)n2C2CCCCC2)c1. The molecule has 1 aliphatic rings. The molecule has 0 unspecified atom stereocenters. The second-order valence-electron chi connectivity index (χ2n) is 6.84. The smallest absolute Gasteiger partial charge is 0.228 e. The monoisotopic (exact) mass is 362 g/mol. The van der Waals surface area contributed by atoms with Crippen molar-refractivity contribution in [2.24, 2.45) is 0 Å². The topological polar surface area (TPSA) is 61.2 Å². The summed E-state index contributed by atoms with van der Waals surface area (Å²) in [6.07, 6.45) is 5.58. The Hall–Kier alpha value is -1.82. The Kier molecular flexibility index (Phi) is 5.18. The number of aryl methyl sites for hydroxylation is 1. The van der Waals surface area contributed by atoms with E-state index in [4.69, 9.17) is 4.74 Å². The molecule has 25 heavy (non-hydrogen) atoms. The number of aromatic nitrogens is 2. The molecule has 136 valence electrons. The van der Waals surface area contributed by atoms with Gasteiger partial charge in [-0.3, -0.25) is 0 Å². The third-order valence-electron chi connectivity index (χ3n) is 5.06. The molecule has 5 nitrogen and oxygen atoms in total. The fourth-order valence-corrected chi connectivity index (χ4v) is 5.24. The van der Waals surface area contributed by atoms with Gasteiger partial charge in [0.25, 0.3) is 0 Å². The van der Waals surface area contributed by atoms with Gasteiger partial charge in [-0.05, 0) is 44.4 Å². The molecule has 1 fully saturated rings. The van der Waals surface area contributed by atoms with Crippen LogP contribution in [0.25, 0.3) is 0 Å². The molecule has 1 saturated carbocycles. The Bertz CT molecular complexity index is 850. The van der Waals surface area contributed by atoms with E-state index in [0.29, 0.717) is 11.3 Å². The van der Waals surface area contributed by atoms with Crippen LogP contribution in [0, 0.1) is 13.8 Å². The van der Waals surface area contributed by atoms with Gasteiger partial charge in [-0.25, -0.2) is 13.4 Å². The molecule has 0 bridgehead atoms. The first-order valence-corrected chi connectivity index (χ1v) is 10.5. The molecule has 2 aromatic rings. The molecule has 0 atom stereocenters. The summed E-state index contributed by atoms with van der Waals surface area (Å²) in [5, 5.41) is 0.220.